The first-order valence-electron chi connectivity index (χ1n) is 4.76. The largest absolute Gasteiger partial charge is 0.480 e. The molecule has 6 heteroatoms. The van der Waals surface area contributed by atoms with Crippen molar-refractivity contribution in [2.75, 3.05) is 6.61 Å². The van der Waals surface area contributed by atoms with Crippen molar-refractivity contribution in [3.05, 3.63) is 0 Å². The van der Waals surface area contributed by atoms with Gasteiger partial charge in [-0.3, -0.25) is 4.79 Å². The van der Waals surface area contributed by atoms with Gasteiger partial charge in [0.1, 0.15) is 6.04 Å². The van der Waals surface area contributed by atoms with Gasteiger partial charge in [-0.05, 0) is 5.92 Å². The first kappa shape index (κ1) is 13.9. The normalized spacial score (nSPS) is 16.5. The first-order chi connectivity index (χ1) is 6.93. The van der Waals surface area contributed by atoms with Gasteiger partial charge < -0.3 is 20.6 Å². The van der Waals surface area contributed by atoms with Crippen LogP contribution in [0, 0.1) is 5.92 Å². The molecule has 0 saturated heterocycles. The van der Waals surface area contributed by atoms with Gasteiger partial charge in [-0.25, -0.2) is 4.79 Å². The molecule has 0 radical (unpaired) electrons. The number of carbonyl (C=O) groups is 2. The maximum Gasteiger partial charge on any atom is 0.326 e. The average Bonchev–Trinajstić information content (AvgIpc) is 2.22. The number of aliphatic hydroxyl groups excluding tert-OH is 2. The maximum atomic E-state index is 11.1. The van der Waals surface area contributed by atoms with Gasteiger partial charge in [0.2, 0.25) is 0 Å². The van der Waals surface area contributed by atoms with Crippen LogP contribution >= 0.6 is 0 Å². The minimum Gasteiger partial charge on any atom is -0.480 e. The third-order valence-electron chi connectivity index (χ3n) is 2.25. The Morgan fingerprint density at radius 3 is 2.27 bits per heavy atom. The number of carbonyl (C=O) groups excluding carboxylic acids is 1. The molecule has 0 aliphatic rings. The van der Waals surface area contributed by atoms with E-state index in [9.17, 15) is 9.59 Å². The van der Waals surface area contributed by atoms with E-state index in [1.165, 1.54) is 0 Å². The van der Waals surface area contributed by atoms with Crippen LogP contribution in [-0.2, 0) is 9.59 Å². The van der Waals surface area contributed by atoms with Gasteiger partial charge in [-0.2, -0.15) is 0 Å². The van der Waals surface area contributed by atoms with Crippen molar-refractivity contribution in [2.45, 2.75) is 32.4 Å². The van der Waals surface area contributed by atoms with E-state index in [1.54, 1.807) is 13.8 Å². The van der Waals surface area contributed by atoms with Crippen LogP contribution in [0.5, 0.6) is 0 Å². The molecular weight excluding hydrogens is 202 g/mol. The molecule has 0 rings (SSSR count). The first-order valence-corrected chi connectivity index (χ1v) is 4.76. The summed E-state index contributed by atoms with van der Waals surface area (Å²) < 4.78 is 0. The molecule has 6 nitrogen and oxygen atoms in total. The summed E-state index contributed by atoms with van der Waals surface area (Å²) in [7, 11) is 0. The molecule has 0 fully saturated rings. The standard InChI is InChI=1S/C9H17NO5/c1-3-5(2)7(9(14)15)10-8(13)6(12)4-11/h5-7,11-12H,3-4H2,1-2H3,(H,10,13)(H,14,15). The molecule has 1 amide bonds. The lowest BCUT2D eigenvalue weighted by Gasteiger charge is -2.21. The molecule has 0 aromatic rings. The van der Waals surface area contributed by atoms with E-state index >= 15 is 0 Å². The zero-order valence-corrected chi connectivity index (χ0v) is 8.80. The summed E-state index contributed by atoms with van der Waals surface area (Å²) in [6.45, 7) is 2.76. The van der Waals surface area contributed by atoms with Crippen LogP contribution in [0.15, 0.2) is 0 Å². The Bertz CT molecular complexity index is 231. The average molecular weight is 219 g/mol. The Labute approximate surface area is 87.9 Å². The monoisotopic (exact) mass is 219 g/mol. The van der Waals surface area contributed by atoms with E-state index in [0.29, 0.717) is 6.42 Å². The fourth-order valence-electron chi connectivity index (χ4n) is 1.02. The van der Waals surface area contributed by atoms with Crippen molar-refractivity contribution in [2.24, 2.45) is 5.92 Å². The fourth-order valence-corrected chi connectivity index (χ4v) is 1.02. The topological polar surface area (TPSA) is 107 Å². The number of aliphatic carboxylic acids is 1. The Morgan fingerprint density at radius 1 is 1.40 bits per heavy atom. The zero-order valence-electron chi connectivity index (χ0n) is 8.80. The molecule has 3 atom stereocenters. The molecule has 0 heterocycles. The maximum absolute atomic E-state index is 11.1. The van der Waals surface area contributed by atoms with Gasteiger partial charge in [0.25, 0.3) is 5.91 Å². The van der Waals surface area contributed by atoms with Crippen LogP contribution in [0.3, 0.4) is 0 Å². The van der Waals surface area contributed by atoms with Crippen molar-refractivity contribution < 1.29 is 24.9 Å². The number of aliphatic hydroxyl groups is 2. The Kier molecular flexibility index (Phi) is 5.88. The van der Waals surface area contributed by atoms with E-state index < -0.39 is 30.6 Å². The Balaban J connectivity index is 4.42. The summed E-state index contributed by atoms with van der Waals surface area (Å²) >= 11 is 0. The zero-order chi connectivity index (χ0) is 12.0. The van der Waals surface area contributed by atoms with Gasteiger partial charge >= 0.3 is 5.97 Å². The van der Waals surface area contributed by atoms with Crippen molar-refractivity contribution in [1.29, 1.82) is 0 Å². The van der Waals surface area contributed by atoms with E-state index in [2.05, 4.69) is 5.32 Å². The quantitative estimate of drug-likeness (QED) is 0.456. The number of hydrogen-bond donors (Lipinski definition) is 4. The minimum atomic E-state index is -1.57. The highest BCUT2D eigenvalue weighted by atomic mass is 16.4. The number of rotatable bonds is 6. The van der Waals surface area contributed by atoms with Crippen molar-refractivity contribution in [1.82, 2.24) is 5.32 Å². The second-order valence-corrected chi connectivity index (χ2v) is 3.41. The summed E-state index contributed by atoms with van der Waals surface area (Å²) in [5.74, 6) is -2.26. The summed E-state index contributed by atoms with van der Waals surface area (Å²) in [6.07, 6.45) is -0.983. The highest BCUT2D eigenvalue weighted by Crippen LogP contribution is 2.08. The van der Waals surface area contributed by atoms with Gasteiger partial charge in [0.15, 0.2) is 6.10 Å². The van der Waals surface area contributed by atoms with Crippen molar-refractivity contribution in [3.63, 3.8) is 0 Å². The molecule has 0 spiro atoms. The van der Waals surface area contributed by atoms with E-state index in [1.807, 2.05) is 0 Å². The lowest BCUT2D eigenvalue weighted by atomic mass is 9.99. The molecular formula is C9H17NO5. The summed E-state index contributed by atoms with van der Waals surface area (Å²) in [4.78, 5) is 21.9. The second-order valence-electron chi connectivity index (χ2n) is 3.41. The van der Waals surface area contributed by atoms with E-state index in [4.69, 9.17) is 15.3 Å². The highest BCUT2D eigenvalue weighted by molar-refractivity contribution is 5.86. The summed E-state index contributed by atoms with van der Waals surface area (Å²) in [6, 6.07) is -1.04. The SMILES string of the molecule is CCC(C)C(NC(=O)C(O)CO)C(=O)O. The van der Waals surface area contributed by atoms with Gasteiger partial charge in [0.05, 0.1) is 6.61 Å². The van der Waals surface area contributed by atoms with Gasteiger partial charge in [-0.15, -0.1) is 0 Å². The Hall–Kier alpha value is -1.14. The number of nitrogens with one attached hydrogen (secondary N) is 1. The summed E-state index contributed by atoms with van der Waals surface area (Å²) in [5, 5.41) is 28.4. The van der Waals surface area contributed by atoms with E-state index in [-0.39, 0.29) is 5.92 Å². The van der Waals surface area contributed by atoms with Crippen LogP contribution in [-0.4, -0.2) is 45.9 Å². The Morgan fingerprint density at radius 2 is 1.93 bits per heavy atom. The molecule has 0 saturated carbocycles. The minimum absolute atomic E-state index is 0.239. The lowest BCUT2D eigenvalue weighted by Crippen LogP contribution is -2.49. The number of carboxylic acid groups (broad SMARTS) is 1. The third-order valence-corrected chi connectivity index (χ3v) is 2.25. The number of hydrogen-bond acceptors (Lipinski definition) is 4. The fraction of sp³-hybridized carbons (Fsp3) is 0.778. The molecule has 0 aromatic heterocycles. The highest BCUT2D eigenvalue weighted by Gasteiger charge is 2.27. The second kappa shape index (κ2) is 6.36. The number of carboxylic acids is 1. The summed E-state index contributed by atoms with van der Waals surface area (Å²) in [5.41, 5.74) is 0. The third kappa shape index (κ3) is 4.26. The van der Waals surface area contributed by atoms with Crippen LogP contribution in [0.2, 0.25) is 0 Å². The van der Waals surface area contributed by atoms with E-state index in [0.717, 1.165) is 0 Å². The van der Waals surface area contributed by atoms with Crippen LogP contribution in [0.1, 0.15) is 20.3 Å². The van der Waals surface area contributed by atoms with Crippen LogP contribution in [0.25, 0.3) is 0 Å². The molecule has 0 bridgehead atoms. The lowest BCUT2D eigenvalue weighted by molar-refractivity contribution is -0.145. The molecule has 0 aromatic carbocycles. The molecule has 88 valence electrons. The molecule has 4 N–H and O–H groups in total. The van der Waals surface area contributed by atoms with Crippen molar-refractivity contribution in [3.8, 4) is 0 Å². The van der Waals surface area contributed by atoms with Gasteiger partial charge in [-0.1, -0.05) is 20.3 Å². The predicted molar refractivity (Wildman–Crippen MR) is 52.1 cm³/mol. The van der Waals surface area contributed by atoms with Crippen LogP contribution < -0.4 is 5.32 Å². The smallest absolute Gasteiger partial charge is 0.326 e. The van der Waals surface area contributed by atoms with Gasteiger partial charge in [0, 0.05) is 0 Å². The molecule has 3 unspecified atom stereocenters. The molecule has 0 aliphatic carbocycles. The number of amides is 1. The molecule has 15 heavy (non-hydrogen) atoms. The van der Waals surface area contributed by atoms with Crippen molar-refractivity contribution >= 4 is 11.9 Å². The molecule has 0 aliphatic heterocycles. The predicted octanol–water partition coefficient (Wildman–Crippen LogP) is -1.04. The van der Waals surface area contributed by atoms with Crippen LogP contribution in [0.4, 0.5) is 0 Å².